The summed E-state index contributed by atoms with van der Waals surface area (Å²) in [7, 11) is -4.01. The second kappa shape index (κ2) is 8.83. The summed E-state index contributed by atoms with van der Waals surface area (Å²) in [6, 6.07) is 22.8. The fourth-order valence-corrected chi connectivity index (χ4v) is 6.02. The maximum Gasteiger partial charge on any atom is 0.244 e. The van der Waals surface area contributed by atoms with Gasteiger partial charge in [0.2, 0.25) is 15.9 Å². The smallest absolute Gasteiger partial charge is 0.244 e. The SMILES string of the molecule is O=C(Nc1ccc(F)c(Cl)c1)C1Cc2ccccc2CN1S(=O)(=O)c1ccc2ccccc2c1. The van der Waals surface area contributed by atoms with Gasteiger partial charge >= 0.3 is 0 Å². The molecule has 5 rings (SSSR count). The van der Waals surface area contributed by atoms with E-state index in [1.807, 2.05) is 48.5 Å². The van der Waals surface area contributed by atoms with Crippen LogP contribution >= 0.6 is 11.6 Å². The first-order valence-electron chi connectivity index (χ1n) is 10.7. The topological polar surface area (TPSA) is 66.5 Å². The van der Waals surface area contributed by atoms with Gasteiger partial charge in [0, 0.05) is 12.2 Å². The number of hydrogen-bond acceptors (Lipinski definition) is 3. The van der Waals surface area contributed by atoms with Crippen LogP contribution in [-0.4, -0.2) is 24.7 Å². The number of rotatable bonds is 4. The number of hydrogen-bond donors (Lipinski definition) is 1. The van der Waals surface area contributed by atoms with Gasteiger partial charge in [0.1, 0.15) is 11.9 Å². The molecule has 34 heavy (non-hydrogen) atoms. The summed E-state index contributed by atoms with van der Waals surface area (Å²) in [5.74, 6) is -1.12. The number of nitrogens with one attached hydrogen (secondary N) is 1. The molecule has 1 unspecified atom stereocenters. The average Bonchev–Trinajstić information content (AvgIpc) is 2.85. The monoisotopic (exact) mass is 494 g/mol. The van der Waals surface area contributed by atoms with Crippen LogP contribution in [0, 0.1) is 5.82 Å². The lowest BCUT2D eigenvalue weighted by Crippen LogP contribution is -2.50. The lowest BCUT2D eigenvalue weighted by atomic mass is 9.95. The van der Waals surface area contributed by atoms with Crippen LogP contribution in [0.25, 0.3) is 10.8 Å². The molecule has 0 aliphatic carbocycles. The molecular formula is C26H20ClFN2O3S. The summed E-state index contributed by atoms with van der Waals surface area (Å²) >= 11 is 5.85. The van der Waals surface area contributed by atoms with Gasteiger partial charge in [0.25, 0.3) is 0 Å². The van der Waals surface area contributed by atoms with Crippen molar-refractivity contribution in [3.8, 4) is 0 Å². The number of carbonyl (C=O) groups is 1. The number of sulfonamides is 1. The number of amides is 1. The van der Waals surface area contributed by atoms with Gasteiger partial charge in [-0.15, -0.1) is 0 Å². The van der Waals surface area contributed by atoms with Crippen LogP contribution < -0.4 is 5.32 Å². The summed E-state index contributed by atoms with van der Waals surface area (Å²) < 4.78 is 42.3. The number of halogens is 2. The standard InChI is InChI=1S/C26H20ClFN2O3S/c27-23-15-21(10-12-24(23)28)29-26(31)25-14-19-7-3-4-8-20(19)16-30(25)34(32,33)22-11-9-17-5-1-2-6-18(17)13-22/h1-13,15,25H,14,16H2,(H,29,31). The highest BCUT2D eigenvalue weighted by Gasteiger charge is 2.39. The van der Waals surface area contributed by atoms with Crippen LogP contribution in [0.1, 0.15) is 11.1 Å². The molecule has 5 nitrogen and oxygen atoms in total. The first-order valence-corrected chi connectivity index (χ1v) is 12.5. The quantitative estimate of drug-likeness (QED) is 0.414. The van der Waals surface area contributed by atoms with Gasteiger partial charge in [0.05, 0.1) is 9.92 Å². The zero-order valence-electron chi connectivity index (χ0n) is 17.9. The maximum atomic E-state index is 13.8. The van der Waals surface area contributed by atoms with Gasteiger partial charge in [0.15, 0.2) is 0 Å². The Balaban J connectivity index is 1.54. The minimum atomic E-state index is -4.01. The minimum Gasteiger partial charge on any atom is -0.325 e. The van der Waals surface area contributed by atoms with Crippen LogP contribution in [0.2, 0.25) is 5.02 Å². The Bertz CT molecular complexity index is 1520. The van der Waals surface area contributed by atoms with Gasteiger partial charge in [-0.05, 0) is 58.7 Å². The Kier molecular flexibility index (Phi) is 5.85. The number of nitrogens with zero attached hydrogens (tertiary/aromatic N) is 1. The molecule has 172 valence electrons. The van der Waals surface area contributed by atoms with Gasteiger partial charge in [-0.2, -0.15) is 4.31 Å². The highest BCUT2D eigenvalue weighted by atomic mass is 35.5. The zero-order valence-corrected chi connectivity index (χ0v) is 19.5. The van der Waals surface area contributed by atoms with Crippen molar-refractivity contribution in [2.45, 2.75) is 23.9 Å². The van der Waals surface area contributed by atoms with Gasteiger partial charge in [-0.1, -0.05) is 66.2 Å². The molecular weight excluding hydrogens is 475 g/mol. The molecule has 0 aromatic heterocycles. The van der Waals surface area contributed by atoms with Crippen molar-refractivity contribution in [1.82, 2.24) is 4.31 Å². The third-order valence-corrected chi connectivity index (χ3v) is 8.16. The molecule has 0 saturated carbocycles. The second-order valence-electron chi connectivity index (χ2n) is 8.17. The largest absolute Gasteiger partial charge is 0.325 e. The summed E-state index contributed by atoms with van der Waals surface area (Å²) in [4.78, 5) is 13.4. The molecule has 0 saturated heterocycles. The third kappa shape index (κ3) is 4.18. The molecule has 8 heteroatoms. The van der Waals surface area contributed by atoms with E-state index in [2.05, 4.69) is 5.32 Å². The molecule has 0 bridgehead atoms. The van der Waals surface area contributed by atoms with Crippen LogP contribution in [0.15, 0.2) is 89.8 Å². The number of benzene rings is 4. The molecule has 1 aliphatic heterocycles. The predicted octanol–water partition coefficient (Wildman–Crippen LogP) is 5.39. The molecule has 0 radical (unpaired) electrons. The summed E-state index contributed by atoms with van der Waals surface area (Å²) in [6.07, 6.45) is 0.212. The maximum absolute atomic E-state index is 13.8. The molecule has 4 aromatic rings. The third-order valence-electron chi connectivity index (χ3n) is 6.02. The molecule has 4 aromatic carbocycles. The Morgan fingerprint density at radius 3 is 2.38 bits per heavy atom. The Morgan fingerprint density at radius 1 is 0.912 bits per heavy atom. The molecule has 0 spiro atoms. The molecule has 1 heterocycles. The minimum absolute atomic E-state index is 0.0631. The van der Waals surface area contributed by atoms with Crippen molar-refractivity contribution in [2.24, 2.45) is 0 Å². The van der Waals surface area contributed by atoms with E-state index in [-0.39, 0.29) is 22.9 Å². The molecule has 0 fully saturated rings. The lowest BCUT2D eigenvalue weighted by Gasteiger charge is -2.35. The highest BCUT2D eigenvalue weighted by Crippen LogP contribution is 2.31. The summed E-state index contributed by atoms with van der Waals surface area (Å²) in [6.45, 7) is 0.0631. The average molecular weight is 495 g/mol. The Labute approximate surface area is 201 Å². The van der Waals surface area contributed by atoms with Crippen molar-refractivity contribution in [1.29, 1.82) is 0 Å². The number of fused-ring (bicyclic) bond motifs is 2. The van der Waals surface area contributed by atoms with Crippen molar-refractivity contribution < 1.29 is 17.6 Å². The normalized spacial score (nSPS) is 16.2. The van der Waals surface area contributed by atoms with Crippen LogP contribution in [0.5, 0.6) is 0 Å². The first kappa shape index (κ1) is 22.5. The Hall–Kier alpha value is -3.26. The van der Waals surface area contributed by atoms with Crippen molar-refractivity contribution in [3.05, 3.63) is 107 Å². The lowest BCUT2D eigenvalue weighted by molar-refractivity contribution is -0.120. The molecule has 1 aliphatic rings. The fourth-order valence-electron chi connectivity index (χ4n) is 4.24. The second-order valence-corrected chi connectivity index (χ2v) is 10.5. The number of anilines is 1. The van der Waals surface area contributed by atoms with Crippen LogP contribution in [-0.2, 0) is 27.8 Å². The fraction of sp³-hybridized carbons (Fsp3) is 0.115. The molecule has 1 N–H and O–H groups in total. The highest BCUT2D eigenvalue weighted by molar-refractivity contribution is 7.89. The van der Waals surface area contributed by atoms with E-state index >= 15 is 0 Å². The van der Waals surface area contributed by atoms with E-state index in [1.54, 1.807) is 18.2 Å². The zero-order chi connectivity index (χ0) is 23.9. The summed E-state index contributed by atoms with van der Waals surface area (Å²) in [5, 5.41) is 4.28. The van der Waals surface area contributed by atoms with Crippen molar-refractivity contribution in [2.75, 3.05) is 5.32 Å². The van der Waals surface area contributed by atoms with Gasteiger partial charge < -0.3 is 5.32 Å². The predicted molar refractivity (Wildman–Crippen MR) is 131 cm³/mol. The van der Waals surface area contributed by atoms with Crippen LogP contribution in [0.4, 0.5) is 10.1 Å². The van der Waals surface area contributed by atoms with E-state index < -0.39 is 27.8 Å². The summed E-state index contributed by atoms with van der Waals surface area (Å²) in [5.41, 5.74) is 2.05. The van der Waals surface area contributed by atoms with E-state index in [0.717, 1.165) is 28.0 Å². The molecule has 1 atom stereocenters. The Morgan fingerprint density at radius 2 is 1.62 bits per heavy atom. The van der Waals surface area contributed by atoms with Crippen LogP contribution in [0.3, 0.4) is 0 Å². The first-order chi connectivity index (χ1) is 16.3. The van der Waals surface area contributed by atoms with Crippen molar-refractivity contribution >= 4 is 44.0 Å². The molecule has 1 amide bonds. The number of carbonyl (C=O) groups excluding carboxylic acids is 1. The van der Waals surface area contributed by atoms with Crippen molar-refractivity contribution in [3.63, 3.8) is 0 Å². The van der Waals surface area contributed by atoms with E-state index in [0.29, 0.717) is 5.69 Å². The van der Waals surface area contributed by atoms with E-state index in [9.17, 15) is 17.6 Å². The van der Waals surface area contributed by atoms with E-state index in [1.165, 1.54) is 16.4 Å². The van der Waals surface area contributed by atoms with Gasteiger partial charge in [-0.3, -0.25) is 4.79 Å². The van der Waals surface area contributed by atoms with Gasteiger partial charge in [-0.25, -0.2) is 12.8 Å². The van der Waals surface area contributed by atoms with E-state index in [4.69, 9.17) is 11.6 Å².